The fourth-order valence-corrected chi connectivity index (χ4v) is 3.02. The zero-order chi connectivity index (χ0) is 13.1. The molecule has 1 atom stereocenters. The lowest BCUT2D eigenvalue weighted by molar-refractivity contribution is 0.521. The van der Waals surface area contributed by atoms with Crippen LogP contribution in [0.15, 0.2) is 22.7 Å². The minimum absolute atomic E-state index is 0.109. The molecule has 2 rings (SSSR count). The molecule has 1 heterocycles. The lowest BCUT2D eigenvalue weighted by atomic mass is 10.0. The van der Waals surface area contributed by atoms with Gasteiger partial charge in [0.15, 0.2) is 0 Å². The van der Waals surface area contributed by atoms with Crippen molar-refractivity contribution in [1.82, 2.24) is 0 Å². The summed E-state index contributed by atoms with van der Waals surface area (Å²) in [6, 6.07) is 6.07. The molecule has 1 aromatic rings. The molecule has 1 aromatic carbocycles. The largest absolute Gasteiger partial charge is 0.384 e. The fourth-order valence-electron chi connectivity index (χ4n) is 2.44. The first kappa shape index (κ1) is 13.4. The number of amidine groups is 1. The summed E-state index contributed by atoms with van der Waals surface area (Å²) in [7, 11) is 0. The van der Waals surface area contributed by atoms with Gasteiger partial charge in [-0.25, -0.2) is 0 Å². The van der Waals surface area contributed by atoms with Crippen molar-refractivity contribution >= 4 is 27.5 Å². The minimum Gasteiger partial charge on any atom is -0.384 e. The van der Waals surface area contributed by atoms with Gasteiger partial charge in [-0.3, -0.25) is 5.41 Å². The summed E-state index contributed by atoms with van der Waals surface area (Å²) in [4.78, 5) is 2.43. The van der Waals surface area contributed by atoms with Gasteiger partial charge < -0.3 is 10.6 Å². The van der Waals surface area contributed by atoms with E-state index in [4.69, 9.17) is 11.1 Å². The van der Waals surface area contributed by atoms with Gasteiger partial charge in [-0.2, -0.15) is 0 Å². The van der Waals surface area contributed by atoms with Crippen LogP contribution in [0.25, 0.3) is 0 Å². The summed E-state index contributed by atoms with van der Waals surface area (Å²) in [5, 5.41) is 7.49. The molecular weight excluding hydrogens is 290 g/mol. The van der Waals surface area contributed by atoms with E-state index in [1.54, 1.807) is 0 Å². The van der Waals surface area contributed by atoms with Gasteiger partial charge in [0.1, 0.15) is 5.84 Å². The second-order valence-corrected chi connectivity index (χ2v) is 5.96. The van der Waals surface area contributed by atoms with Crippen LogP contribution in [-0.4, -0.2) is 18.9 Å². The number of nitrogens with zero attached hydrogens (tertiary/aromatic N) is 1. The summed E-state index contributed by atoms with van der Waals surface area (Å²) >= 11 is 3.50. The first-order valence-corrected chi connectivity index (χ1v) is 7.26. The number of hydrogen-bond acceptors (Lipinski definition) is 2. The Kier molecular flexibility index (Phi) is 4.27. The predicted octanol–water partition coefficient (Wildman–Crippen LogP) is 3.36. The summed E-state index contributed by atoms with van der Waals surface area (Å²) in [6.45, 7) is 4.57. The lowest BCUT2D eigenvalue weighted by Gasteiger charge is -2.23. The van der Waals surface area contributed by atoms with Gasteiger partial charge >= 0.3 is 0 Å². The van der Waals surface area contributed by atoms with Crippen LogP contribution in [0.5, 0.6) is 0 Å². The molecular formula is C14H20BrN3. The summed E-state index contributed by atoms with van der Waals surface area (Å²) in [5.41, 5.74) is 7.51. The van der Waals surface area contributed by atoms with E-state index >= 15 is 0 Å². The van der Waals surface area contributed by atoms with E-state index in [0.29, 0.717) is 0 Å². The maximum atomic E-state index is 7.49. The van der Waals surface area contributed by atoms with Crippen LogP contribution >= 0.6 is 15.9 Å². The molecule has 1 saturated heterocycles. The van der Waals surface area contributed by atoms with Gasteiger partial charge in [-0.15, -0.1) is 0 Å². The number of nitrogen functional groups attached to an aromatic ring is 1. The number of nitrogens with one attached hydrogen (secondary N) is 1. The highest BCUT2D eigenvalue weighted by Gasteiger charge is 2.15. The Morgan fingerprint density at radius 3 is 2.83 bits per heavy atom. The minimum atomic E-state index is 0.109. The van der Waals surface area contributed by atoms with Crippen molar-refractivity contribution in [1.29, 1.82) is 5.41 Å². The van der Waals surface area contributed by atoms with Crippen LogP contribution < -0.4 is 10.6 Å². The number of anilines is 1. The van der Waals surface area contributed by atoms with E-state index in [-0.39, 0.29) is 5.84 Å². The smallest absolute Gasteiger partial charge is 0.123 e. The topological polar surface area (TPSA) is 53.1 Å². The maximum Gasteiger partial charge on any atom is 0.123 e. The number of benzene rings is 1. The zero-order valence-electron chi connectivity index (χ0n) is 10.7. The van der Waals surface area contributed by atoms with Crippen LogP contribution in [0, 0.1) is 11.3 Å². The Labute approximate surface area is 117 Å². The average molecular weight is 310 g/mol. The van der Waals surface area contributed by atoms with Crippen molar-refractivity contribution < 1.29 is 0 Å². The molecule has 1 aliphatic rings. The van der Waals surface area contributed by atoms with E-state index in [9.17, 15) is 0 Å². The Balaban J connectivity index is 2.18. The highest BCUT2D eigenvalue weighted by Crippen LogP contribution is 2.27. The van der Waals surface area contributed by atoms with Crippen molar-refractivity contribution in [2.45, 2.75) is 26.2 Å². The Morgan fingerprint density at radius 1 is 1.39 bits per heavy atom. The standard InChI is InChI=1S/C14H20BrN3/c1-10-3-2-7-18(8-6-10)11-4-5-12(14(16)17)13(15)9-11/h4-5,9-10H,2-3,6-8H2,1H3,(H3,16,17). The van der Waals surface area contributed by atoms with Crippen molar-refractivity contribution in [3.8, 4) is 0 Å². The molecule has 3 nitrogen and oxygen atoms in total. The maximum absolute atomic E-state index is 7.49. The summed E-state index contributed by atoms with van der Waals surface area (Å²) < 4.78 is 0.907. The van der Waals surface area contributed by atoms with Crippen molar-refractivity contribution in [3.63, 3.8) is 0 Å². The van der Waals surface area contributed by atoms with Crippen molar-refractivity contribution in [2.75, 3.05) is 18.0 Å². The van der Waals surface area contributed by atoms with Crippen LogP contribution in [0.4, 0.5) is 5.69 Å². The summed E-state index contributed by atoms with van der Waals surface area (Å²) in [6.07, 6.45) is 3.84. The van der Waals surface area contributed by atoms with Crippen LogP contribution in [0.2, 0.25) is 0 Å². The van der Waals surface area contributed by atoms with Gasteiger partial charge in [-0.1, -0.05) is 6.92 Å². The molecule has 0 bridgehead atoms. The molecule has 1 aliphatic heterocycles. The van der Waals surface area contributed by atoms with Crippen LogP contribution in [0.3, 0.4) is 0 Å². The summed E-state index contributed by atoms with van der Waals surface area (Å²) in [5.74, 6) is 0.938. The molecule has 0 aromatic heterocycles. The first-order chi connectivity index (χ1) is 8.58. The predicted molar refractivity (Wildman–Crippen MR) is 80.4 cm³/mol. The molecule has 1 unspecified atom stereocenters. The second kappa shape index (κ2) is 5.74. The van der Waals surface area contributed by atoms with E-state index in [2.05, 4.69) is 39.9 Å². The lowest BCUT2D eigenvalue weighted by Crippen LogP contribution is -2.24. The normalized spacial score (nSPS) is 20.6. The van der Waals surface area contributed by atoms with E-state index in [1.807, 2.05) is 6.07 Å². The van der Waals surface area contributed by atoms with E-state index < -0.39 is 0 Å². The van der Waals surface area contributed by atoms with Gasteiger partial charge in [0.25, 0.3) is 0 Å². The Hall–Kier alpha value is -1.03. The average Bonchev–Trinajstić information content (AvgIpc) is 2.53. The SMILES string of the molecule is CC1CCCN(c2ccc(C(=N)N)c(Br)c2)CC1. The molecule has 0 amide bonds. The molecule has 98 valence electrons. The third-order valence-corrected chi connectivity index (χ3v) is 4.28. The van der Waals surface area contributed by atoms with Crippen molar-refractivity contribution in [3.05, 3.63) is 28.2 Å². The number of hydrogen-bond donors (Lipinski definition) is 2. The number of halogens is 1. The fraction of sp³-hybridized carbons (Fsp3) is 0.500. The molecule has 18 heavy (non-hydrogen) atoms. The number of rotatable bonds is 2. The molecule has 0 radical (unpaired) electrons. The third kappa shape index (κ3) is 3.05. The monoisotopic (exact) mass is 309 g/mol. The quantitative estimate of drug-likeness (QED) is 0.650. The van der Waals surface area contributed by atoms with E-state index in [1.165, 1.54) is 24.9 Å². The first-order valence-electron chi connectivity index (χ1n) is 6.47. The molecule has 1 fully saturated rings. The van der Waals surface area contributed by atoms with Gasteiger partial charge in [0, 0.05) is 28.8 Å². The molecule has 0 spiro atoms. The van der Waals surface area contributed by atoms with Crippen molar-refractivity contribution in [2.24, 2.45) is 11.7 Å². The van der Waals surface area contributed by atoms with Gasteiger partial charge in [0.05, 0.1) is 0 Å². The van der Waals surface area contributed by atoms with E-state index in [0.717, 1.165) is 29.0 Å². The Bertz CT molecular complexity index is 445. The van der Waals surface area contributed by atoms with Crippen LogP contribution in [0.1, 0.15) is 31.7 Å². The molecule has 4 heteroatoms. The highest BCUT2D eigenvalue weighted by atomic mass is 79.9. The molecule has 0 aliphatic carbocycles. The van der Waals surface area contributed by atoms with Gasteiger partial charge in [-0.05, 0) is 59.3 Å². The molecule has 0 saturated carbocycles. The zero-order valence-corrected chi connectivity index (χ0v) is 12.3. The highest BCUT2D eigenvalue weighted by molar-refractivity contribution is 9.10. The second-order valence-electron chi connectivity index (χ2n) is 5.10. The van der Waals surface area contributed by atoms with Crippen LogP contribution in [-0.2, 0) is 0 Å². The number of nitrogens with two attached hydrogens (primary N) is 1. The molecule has 3 N–H and O–H groups in total. The Morgan fingerprint density at radius 2 is 2.17 bits per heavy atom. The third-order valence-electron chi connectivity index (χ3n) is 3.62. The van der Waals surface area contributed by atoms with Gasteiger partial charge in [0.2, 0.25) is 0 Å².